The Bertz CT molecular complexity index is 524. The lowest BCUT2D eigenvalue weighted by atomic mass is 10.2. The number of carbonyl (C=O) groups excluding carboxylic acids is 1. The third-order valence-corrected chi connectivity index (χ3v) is 2.10. The second-order valence-corrected chi connectivity index (χ2v) is 3.17. The molecule has 2 rings (SSSR count). The van der Waals surface area contributed by atoms with Crippen molar-refractivity contribution >= 4 is 11.9 Å². The Morgan fingerprint density at radius 1 is 1.53 bits per heavy atom. The minimum atomic E-state index is -0.502. The number of phenolic OH excluding ortho intramolecular Hbond substituents is 1. The molecule has 0 saturated heterocycles. The van der Waals surface area contributed by atoms with Gasteiger partial charge in [0.2, 0.25) is 5.95 Å². The molecule has 0 aliphatic carbocycles. The van der Waals surface area contributed by atoms with E-state index < -0.39 is 5.91 Å². The molecular weight excluding hydrogens is 224 g/mol. The third-order valence-electron chi connectivity index (χ3n) is 2.10. The number of aromatic hydroxyl groups is 1. The molecule has 1 amide bonds. The van der Waals surface area contributed by atoms with E-state index >= 15 is 0 Å². The maximum Gasteiger partial charge on any atom is 0.261 e. The predicted molar refractivity (Wildman–Crippen MR) is 59.0 cm³/mol. The van der Waals surface area contributed by atoms with Crippen LogP contribution in [0, 0.1) is 0 Å². The van der Waals surface area contributed by atoms with Crippen molar-refractivity contribution in [2.45, 2.75) is 0 Å². The first kappa shape index (κ1) is 10.9. The Labute approximate surface area is 96.5 Å². The molecule has 1 aromatic carbocycles. The van der Waals surface area contributed by atoms with Gasteiger partial charge in [-0.15, -0.1) is 0 Å². The first-order valence-corrected chi connectivity index (χ1v) is 4.74. The zero-order valence-corrected chi connectivity index (χ0v) is 8.97. The van der Waals surface area contributed by atoms with Gasteiger partial charge in [0.1, 0.15) is 17.8 Å². The van der Waals surface area contributed by atoms with Gasteiger partial charge in [0.25, 0.3) is 5.91 Å². The molecule has 7 heteroatoms. The van der Waals surface area contributed by atoms with E-state index in [9.17, 15) is 9.90 Å². The van der Waals surface area contributed by atoms with Crippen molar-refractivity contribution in [3.63, 3.8) is 0 Å². The quantitative estimate of drug-likeness (QED) is 0.728. The van der Waals surface area contributed by atoms with E-state index in [-0.39, 0.29) is 17.3 Å². The number of phenols is 1. The summed E-state index contributed by atoms with van der Waals surface area (Å²) in [6.07, 6.45) is 1.26. The summed E-state index contributed by atoms with van der Waals surface area (Å²) in [5.41, 5.74) is 0.0979. The Hall–Kier alpha value is -2.57. The second-order valence-electron chi connectivity index (χ2n) is 3.17. The number of amides is 1. The normalized spacial score (nSPS) is 9.94. The number of ether oxygens (including phenoxy) is 1. The summed E-state index contributed by atoms with van der Waals surface area (Å²) < 4.78 is 4.97. The number of H-pyrrole nitrogens is 1. The number of rotatable bonds is 3. The van der Waals surface area contributed by atoms with E-state index in [1.165, 1.54) is 25.6 Å². The summed E-state index contributed by atoms with van der Waals surface area (Å²) in [6.45, 7) is 0. The van der Waals surface area contributed by atoms with Crippen LogP contribution in [0.1, 0.15) is 10.4 Å². The van der Waals surface area contributed by atoms with Crippen LogP contribution in [-0.2, 0) is 0 Å². The van der Waals surface area contributed by atoms with E-state index in [1.807, 2.05) is 0 Å². The van der Waals surface area contributed by atoms with Crippen LogP contribution in [0.25, 0.3) is 0 Å². The molecule has 1 aromatic heterocycles. The molecule has 2 aromatic rings. The Kier molecular flexibility index (Phi) is 2.91. The van der Waals surface area contributed by atoms with Gasteiger partial charge in [-0.05, 0) is 18.2 Å². The highest BCUT2D eigenvalue weighted by atomic mass is 16.5. The molecule has 0 spiro atoms. The van der Waals surface area contributed by atoms with E-state index in [0.29, 0.717) is 5.75 Å². The highest BCUT2D eigenvalue weighted by molar-refractivity contribution is 6.05. The summed E-state index contributed by atoms with van der Waals surface area (Å²) >= 11 is 0. The van der Waals surface area contributed by atoms with Gasteiger partial charge < -0.3 is 9.84 Å². The van der Waals surface area contributed by atoms with Crippen molar-refractivity contribution in [3.8, 4) is 11.5 Å². The Balaban J connectivity index is 2.24. The van der Waals surface area contributed by atoms with E-state index in [0.717, 1.165) is 0 Å². The lowest BCUT2D eigenvalue weighted by molar-refractivity contribution is 0.102. The van der Waals surface area contributed by atoms with Crippen LogP contribution in [0.4, 0.5) is 5.95 Å². The molecule has 17 heavy (non-hydrogen) atoms. The number of aromatic nitrogens is 3. The summed E-state index contributed by atoms with van der Waals surface area (Å²) in [5, 5.41) is 18.1. The fourth-order valence-corrected chi connectivity index (χ4v) is 1.26. The monoisotopic (exact) mass is 234 g/mol. The molecule has 0 aliphatic rings. The van der Waals surface area contributed by atoms with Crippen molar-refractivity contribution < 1.29 is 14.6 Å². The van der Waals surface area contributed by atoms with Gasteiger partial charge in [0.05, 0.1) is 12.7 Å². The molecule has 0 bridgehead atoms. The van der Waals surface area contributed by atoms with Crippen LogP contribution in [0.5, 0.6) is 11.5 Å². The molecule has 3 N–H and O–H groups in total. The number of benzene rings is 1. The number of anilines is 1. The lowest BCUT2D eigenvalue weighted by Gasteiger charge is -2.06. The molecule has 1 heterocycles. The van der Waals surface area contributed by atoms with Crippen LogP contribution in [0.2, 0.25) is 0 Å². The molecule has 0 aliphatic heterocycles. The summed E-state index contributed by atoms with van der Waals surface area (Å²) in [6, 6.07) is 4.37. The number of hydrogen-bond acceptors (Lipinski definition) is 5. The standard InChI is InChI=1S/C10H10N4O3/c1-17-6-2-3-8(15)7(4-6)9(16)13-10-11-5-12-14-10/h2-5,15H,1H3,(H2,11,12,13,14,16). The minimum absolute atomic E-state index is 0.0979. The van der Waals surface area contributed by atoms with Crippen molar-refractivity contribution in [1.82, 2.24) is 15.2 Å². The zero-order chi connectivity index (χ0) is 12.3. The average molecular weight is 234 g/mol. The lowest BCUT2D eigenvalue weighted by Crippen LogP contribution is -2.13. The number of nitrogens with one attached hydrogen (secondary N) is 2. The maximum absolute atomic E-state index is 11.8. The molecule has 0 fully saturated rings. The highest BCUT2D eigenvalue weighted by Crippen LogP contribution is 2.23. The molecule has 0 radical (unpaired) electrons. The van der Waals surface area contributed by atoms with Crippen LogP contribution in [-0.4, -0.2) is 33.3 Å². The first-order valence-electron chi connectivity index (χ1n) is 4.74. The number of methoxy groups -OCH3 is 1. The molecule has 0 saturated carbocycles. The number of hydrogen-bond donors (Lipinski definition) is 3. The van der Waals surface area contributed by atoms with Gasteiger partial charge in [-0.25, -0.2) is 5.10 Å². The summed E-state index contributed by atoms with van der Waals surface area (Å²) in [4.78, 5) is 15.5. The molecule has 88 valence electrons. The van der Waals surface area contributed by atoms with E-state index in [4.69, 9.17) is 4.74 Å². The Morgan fingerprint density at radius 2 is 2.35 bits per heavy atom. The van der Waals surface area contributed by atoms with Gasteiger partial charge in [-0.1, -0.05) is 0 Å². The molecular formula is C10H10N4O3. The fraction of sp³-hybridized carbons (Fsp3) is 0.100. The summed E-state index contributed by atoms with van der Waals surface area (Å²) in [5.74, 6) is 0.0451. The SMILES string of the molecule is COc1ccc(O)c(C(=O)Nc2ncn[nH]2)c1. The van der Waals surface area contributed by atoms with E-state index in [1.54, 1.807) is 6.07 Å². The largest absolute Gasteiger partial charge is 0.507 e. The van der Waals surface area contributed by atoms with Crippen molar-refractivity contribution in [2.24, 2.45) is 0 Å². The van der Waals surface area contributed by atoms with Crippen molar-refractivity contribution in [3.05, 3.63) is 30.1 Å². The van der Waals surface area contributed by atoms with Gasteiger partial charge in [-0.2, -0.15) is 10.1 Å². The second kappa shape index (κ2) is 4.52. The predicted octanol–water partition coefficient (Wildman–Crippen LogP) is 0.771. The van der Waals surface area contributed by atoms with Crippen molar-refractivity contribution in [2.75, 3.05) is 12.4 Å². The fourth-order valence-electron chi connectivity index (χ4n) is 1.26. The molecule has 0 unspecified atom stereocenters. The maximum atomic E-state index is 11.8. The number of aromatic amines is 1. The van der Waals surface area contributed by atoms with Crippen LogP contribution in [0.3, 0.4) is 0 Å². The average Bonchev–Trinajstić information content (AvgIpc) is 2.82. The molecule has 7 nitrogen and oxygen atoms in total. The van der Waals surface area contributed by atoms with E-state index in [2.05, 4.69) is 20.5 Å². The zero-order valence-electron chi connectivity index (χ0n) is 8.97. The van der Waals surface area contributed by atoms with Gasteiger partial charge in [0, 0.05) is 0 Å². The van der Waals surface area contributed by atoms with Gasteiger partial charge >= 0.3 is 0 Å². The summed E-state index contributed by atoms with van der Waals surface area (Å²) in [7, 11) is 1.48. The van der Waals surface area contributed by atoms with Gasteiger partial charge in [-0.3, -0.25) is 10.1 Å². The smallest absolute Gasteiger partial charge is 0.261 e. The van der Waals surface area contributed by atoms with Crippen LogP contribution >= 0.6 is 0 Å². The Morgan fingerprint density at radius 3 is 3.00 bits per heavy atom. The van der Waals surface area contributed by atoms with Gasteiger partial charge in [0.15, 0.2) is 0 Å². The minimum Gasteiger partial charge on any atom is -0.507 e. The van der Waals surface area contributed by atoms with Crippen LogP contribution in [0.15, 0.2) is 24.5 Å². The first-order chi connectivity index (χ1) is 8.20. The van der Waals surface area contributed by atoms with Crippen molar-refractivity contribution in [1.29, 1.82) is 0 Å². The topological polar surface area (TPSA) is 100 Å². The molecule has 0 atom stereocenters. The van der Waals surface area contributed by atoms with Crippen LogP contribution < -0.4 is 10.1 Å². The number of carbonyl (C=O) groups is 1. The highest BCUT2D eigenvalue weighted by Gasteiger charge is 2.13. The third kappa shape index (κ3) is 2.33. The number of nitrogens with zero attached hydrogens (tertiary/aromatic N) is 2.